The van der Waals surface area contributed by atoms with Gasteiger partial charge in [-0.3, -0.25) is 9.59 Å². The second-order valence-corrected chi connectivity index (χ2v) is 8.13. The molecule has 1 aromatic carbocycles. The fourth-order valence-corrected chi connectivity index (χ4v) is 3.60. The van der Waals surface area contributed by atoms with Gasteiger partial charge in [0, 0.05) is 36.8 Å². The minimum absolute atomic E-state index is 0.00609. The van der Waals surface area contributed by atoms with Crippen LogP contribution in [0.2, 0.25) is 0 Å². The van der Waals surface area contributed by atoms with Gasteiger partial charge in [-0.1, -0.05) is 0 Å². The van der Waals surface area contributed by atoms with Crippen LogP contribution >= 0.6 is 0 Å². The van der Waals surface area contributed by atoms with Crippen LogP contribution in [0.25, 0.3) is 22.6 Å². The van der Waals surface area contributed by atoms with E-state index < -0.39 is 0 Å². The van der Waals surface area contributed by atoms with Gasteiger partial charge >= 0.3 is 0 Å². The maximum Gasteiger partial charge on any atom is 0.188 e. The van der Waals surface area contributed by atoms with Crippen molar-refractivity contribution < 1.29 is 28.2 Å². The monoisotopic (exact) mass is 471 g/mol. The Labute approximate surface area is 199 Å². The minimum atomic E-state index is -0.0389. The molecule has 0 aromatic heterocycles. The van der Waals surface area contributed by atoms with E-state index in [9.17, 15) is 9.59 Å². The molecule has 0 fully saturated rings. The Kier molecular flexibility index (Phi) is 9.71. The summed E-state index contributed by atoms with van der Waals surface area (Å²) in [5.74, 6) is 0.480. The van der Waals surface area contributed by atoms with Crippen molar-refractivity contribution >= 4 is 16.9 Å². The number of aromatic nitrogens is 1. The first-order chi connectivity index (χ1) is 16.4. The summed E-state index contributed by atoms with van der Waals surface area (Å²) in [4.78, 5) is 29.8. The van der Waals surface area contributed by atoms with E-state index in [-0.39, 0.29) is 11.2 Å². The third-order valence-electron chi connectivity index (χ3n) is 5.75. The average Bonchev–Trinajstić information content (AvgIpc) is 2.85. The van der Waals surface area contributed by atoms with Gasteiger partial charge in [0.15, 0.2) is 22.6 Å². The van der Waals surface area contributed by atoms with Gasteiger partial charge in [0.1, 0.15) is 11.2 Å². The number of carbonyl (C=O) groups is 1. The molecule has 3 rings (SSSR count). The van der Waals surface area contributed by atoms with Crippen LogP contribution in [0.5, 0.6) is 0 Å². The van der Waals surface area contributed by atoms with Crippen molar-refractivity contribution in [2.75, 3.05) is 53.4 Å². The first kappa shape index (κ1) is 26.0. The van der Waals surface area contributed by atoms with Gasteiger partial charge < -0.3 is 23.4 Å². The van der Waals surface area contributed by atoms with Gasteiger partial charge in [0.25, 0.3) is 0 Å². The molecular weight excluding hydrogens is 438 g/mol. The molecule has 0 unspecified atom stereocenters. The molecule has 0 radical (unpaired) electrons. The molecular formula is C26H33NO7. The van der Waals surface area contributed by atoms with Crippen LogP contribution in [0.3, 0.4) is 0 Å². The topological polar surface area (TPSA) is 97.1 Å². The molecule has 0 saturated heterocycles. The number of hydrogen-bond donors (Lipinski definition) is 0. The van der Waals surface area contributed by atoms with Gasteiger partial charge in [0.05, 0.1) is 39.6 Å². The summed E-state index contributed by atoms with van der Waals surface area (Å²) in [5, 5.41) is 0. The third-order valence-corrected chi connectivity index (χ3v) is 5.75. The quantitative estimate of drug-likeness (QED) is 0.199. The van der Waals surface area contributed by atoms with Crippen LogP contribution in [0.1, 0.15) is 39.9 Å². The van der Waals surface area contributed by atoms with E-state index in [4.69, 9.17) is 23.4 Å². The van der Waals surface area contributed by atoms with Crippen molar-refractivity contribution in [2.24, 2.45) is 0 Å². The van der Waals surface area contributed by atoms with Gasteiger partial charge in [0.2, 0.25) is 0 Å². The SMILES string of the molecule is COCCOCCOCCOCCCC(=O)c1ccc2nc3c(C)c(C)c(=O)c(C)c-3oc2c1. The van der Waals surface area contributed by atoms with Crippen molar-refractivity contribution in [3.63, 3.8) is 0 Å². The van der Waals surface area contributed by atoms with E-state index >= 15 is 0 Å². The zero-order valence-electron chi connectivity index (χ0n) is 20.4. The van der Waals surface area contributed by atoms with Crippen LogP contribution in [0.4, 0.5) is 0 Å². The number of Topliss-reactive ketones (excluding diaryl/α,β-unsaturated/α-hetero) is 1. The number of ether oxygens (including phenoxy) is 4. The molecule has 0 N–H and O–H groups in total. The number of carbonyl (C=O) groups excluding carboxylic acids is 1. The highest BCUT2D eigenvalue weighted by atomic mass is 16.6. The number of benzene rings is 2. The summed E-state index contributed by atoms with van der Waals surface area (Å²) in [6.07, 6.45) is 0.976. The Morgan fingerprint density at radius 3 is 2.21 bits per heavy atom. The van der Waals surface area contributed by atoms with Crippen LogP contribution in [-0.4, -0.2) is 64.1 Å². The van der Waals surface area contributed by atoms with Crippen LogP contribution in [-0.2, 0) is 18.9 Å². The summed E-state index contributed by atoms with van der Waals surface area (Å²) >= 11 is 0. The van der Waals surface area contributed by atoms with Gasteiger partial charge in [-0.25, -0.2) is 4.98 Å². The molecule has 34 heavy (non-hydrogen) atoms. The first-order valence-corrected chi connectivity index (χ1v) is 11.5. The van der Waals surface area contributed by atoms with Crippen molar-refractivity contribution in [1.82, 2.24) is 4.98 Å². The lowest BCUT2D eigenvalue weighted by Crippen LogP contribution is -2.14. The van der Waals surface area contributed by atoms with E-state index in [1.165, 1.54) is 0 Å². The number of rotatable bonds is 14. The number of fused-ring (bicyclic) bond motifs is 2. The molecule has 0 bridgehead atoms. The molecule has 8 nitrogen and oxygen atoms in total. The lowest BCUT2D eigenvalue weighted by molar-refractivity contribution is 0.00334. The Balaban J connectivity index is 1.48. The van der Waals surface area contributed by atoms with E-state index in [0.717, 1.165) is 5.56 Å². The summed E-state index contributed by atoms with van der Waals surface area (Å²) in [6, 6.07) is 5.25. The van der Waals surface area contributed by atoms with Crippen molar-refractivity contribution in [3.8, 4) is 11.5 Å². The Morgan fingerprint density at radius 2 is 1.53 bits per heavy atom. The number of hydrogen-bond acceptors (Lipinski definition) is 8. The standard InChI is InChI=1S/C26H33NO7/c1-17-18(2)25(29)19(3)26-24(17)27-21-8-7-20(16-23(21)34-26)22(28)6-5-9-31-12-13-33-15-14-32-11-10-30-4/h7-8,16H,5-6,9-15H2,1-4H3. The van der Waals surface area contributed by atoms with Gasteiger partial charge in [-0.15, -0.1) is 0 Å². The molecule has 1 aliphatic heterocycles. The van der Waals surface area contributed by atoms with Gasteiger partial charge in [-0.05, 0) is 51.0 Å². The van der Waals surface area contributed by atoms with E-state index in [2.05, 4.69) is 4.98 Å². The molecule has 0 amide bonds. The lowest BCUT2D eigenvalue weighted by Gasteiger charge is -2.13. The van der Waals surface area contributed by atoms with Crippen LogP contribution < -0.4 is 5.43 Å². The molecule has 1 aliphatic carbocycles. The second-order valence-electron chi connectivity index (χ2n) is 8.13. The Bertz CT molecular complexity index is 1140. The Morgan fingerprint density at radius 1 is 0.882 bits per heavy atom. The van der Waals surface area contributed by atoms with Crippen molar-refractivity contribution in [1.29, 1.82) is 0 Å². The molecule has 1 heterocycles. The molecule has 0 atom stereocenters. The number of methoxy groups -OCH3 is 1. The Hall–Kier alpha value is -2.65. The largest absolute Gasteiger partial charge is 0.452 e. The normalized spacial score (nSPS) is 11.5. The predicted molar refractivity (Wildman–Crippen MR) is 129 cm³/mol. The molecule has 2 aliphatic rings. The molecule has 0 saturated carbocycles. The molecule has 8 heteroatoms. The van der Waals surface area contributed by atoms with E-state index in [1.54, 1.807) is 39.2 Å². The summed E-state index contributed by atoms with van der Waals surface area (Å²) in [7, 11) is 1.63. The molecule has 1 aromatic rings. The maximum atomic E-state index is 12.6. The highest BCUT2D eigenvalue weighted by Gasteiger charge is 2.20. The van der Waals surface area contributed by atoms with Crippen molar-refractivity contribution in [2.45, 2.75) is 33.6 Å². The predicted octanol–water partition coefficient (Wildman–Crippen LogP) is 3.88. The zero-order chi connectivity index (χ0) is 24.5. The zero-order valence-corrected chi connectivity index (χ0v) is 20.4. The molecule has 0 spiro atoms. The number of ketones is 1. The fourth-order valence-electron chi connectivity index (χ4n) is 3.60. The van der Waals surface area contributed by atoms with Crippen molar-refractivity contribution in [3.05, 3.63) is 50.7 Å². The maximum absolute atomic E-state index is 12.6. The third kappa shape index (κ3) is 6.48. The summed E-state index contributed by atoms with van der Waals surface area (Å²) in [6.45, 7) is 9.02. The minimum Gasteiger partial charge on any atom is -0.452 e. The highest BCUT2D eigenvalue weighted by Crippen LogP contribution is 2.30. The summed E-state index contributed by atoms with van der Waals surface area (Å²) in [5.41, 5.74) is 4.36. The van der Waals surface area contributed by atoms with E-state index in [0.29, 0.717) is 98.3 Å². The van der Waals surface area contributed by atoms with Gasteiger partial charge in [-0.2, -0.15) is 0 Å². The van der Waals surface area contributed by atoms with E-state index in [1.807, 2.05) is 6.92 Å². The highest BCUT2D eigenvalue weighted by molar-refractivity contribution is 5.98. The lowest BCUT2D eigenvalue weighted by atomic mass is 9.99. The average molecular weight is 472 g/mol. The smallest absolute Gasteiger partial charge is 0.188 e. The fraction of sp³-hybridized carbons (Fsp3) is 0.500. The van der Waals surface area contributed by atoms with Crippen LogP contribution in [0, 0.1) is 20.8 Å². The summed E-state index contributed by atoms with van der Waals surface area (Å²) < 4.78 is 27.2. The second kappa shape index (κ2) is 12.7. The molecule has 184 valence electrons. The first-order valence-electron chi connectivity index (χ1n) is 11.5. The van der Waals surface area contributed by atoms with Crippen LogP contribution in [0.15, 0.2) is 27.4 Å². The number of nitrogens with zero attached hydrogens (tertiary/aromatic N) is 1.